The first-order chi connectivity index (χ1) is 20.6. The molecule has 0 aliphatic carbocycles. The molecule has 0 saturated heterocycles. The summed E-state index contributed by atoms with van der Waals surface area (Å²) in [6.45, 7) is 5.22. The number of amides is 2. The normalized spacial score (nSPS) is 12.1. The molecular weight excluding hydrogens is 604 g/mol. The molecule has 230 valence electrons. The Labute approximate surface area is 256 Å². The molecule has 0 bridgehead atoms. The van der Waals surface area contributed by atoms with Gasteiger partial charge in [-0.3, -0.25) is 14.8 Å². The monoisotopic (exact) mass is 636 g/mol. The molecule has 4 rings (SSSR count). The van der Waals surface area contributed by atoms with Gasteiger partial charge in [0.2, 0.25) is 15.9 Å². The van der Waals surface area contributed by atoms with E-state index in [1.165, 1.54) is 36.7 Å². The second-order valence-electron chi connectivity index (χ2n) is 10.8. The third-order valence-electron chi connectivity index (χ3n) is 5.87. The number of carbonyl (C=O) groups excluding carboxylic acids is 2. The molecule has 0 unspecified atom stereocenters. The van der Waals surface area contributed by atoms with Crippen molar-refractivity contribution in [2.24, 2.45) is 0 Å². The van der Waals surface area contributed by atoms with Gasteiger partial charge in [0.1, 0.15) is 5.60 Å². The zero-order valence-electron chi connectivity index (χ0n) is 24.4. The smallest absolute Gasteiger partial charge is 0.412 e. The van der Waals surface area contributed by atoms with E-state index in [2.05, 4.69) is 15.4 Å². The van der Waals surface area contributed by atoms with Gasteiger partial charge in [-0.1, -0.05) is 36.4 Å². The van der Waals surface area contributed by atoms with E-state index < -0.39 is 37.6 Å². The summed E-state index contributed by atoms with van der Waals surface area (Å²) >= 11 is 0. The average Bonchev–Trinajstić information content (AvgIpc) is 3.41. The fourth-order valence-corrected chi connectivity index (χ4v) is 5.78. The van der Waals surface area contributed by atoms with Gasteiger partial charge in [0.15, 0.2) is 0 Å². The van der Waals surface area contributed by atoms with Gasteiger partial charge < -0.3 is 10.1 Å². The van der Waals surface area contributed by atoms with Gasteiger partial charge in [-0.25, -0.2) is 25.6 Å². The number of hydrogen-bond donors (Lipinski definition) is 3. The summed E-state index contributed by atoms with van der Waals surface area (Å²) in [6, 6.07) is 21.1. The Kier molecular flexibility index (Phi) is 9.30. The van der Waals surface area contributed by atoms with Gasteiger partial charge in [0.05, 0.1) is 22.5 Å². The first kappa shape index (κ1) is 32.0. The Hall–Kier alpha value is -4.88. The fraction of sp³-hybridized carbons (Fsp3) is 0.161. The summed E-state index contributed by atoms with van der Waals surface area (Å²) in [4.78, 5) is 24.8. The SMILES string of the molecule is CC(C)(C)OC(=O)Nc1ccccc1NC(=O)C=Cc1ccn(S(=O)(=O)c2ccc(-c3cccc(NS(C)(=O)=O)c3)cc2)c1. The minimum Gasteiger partial charge on any atom is -0.444 e. The van der Waals surface area contributed by atoms with E-state index in [1.807, 2.05) is 0 Å². The number of nitrogens with one attached hydrogen (secondary N) is 3. The van der Waals surface area contributed by atoms with Crippen LogP contribution in [0.3, 0.4) is 0 Å². The number of ether oxygens (including phenoxy) is 1. The van der Waals surface area contributed by atoms with Crippen LogP contribution in [0.1, 0.15) is 26.3 Å². The van der Waals surface area contributed by atoms with Crippen LogP contribution in [0, 0.1) is 0 Å². The maximum absolute atomic E-state index is 13.2. The molecule has 0 aliphatic rings. The second-order valence-corrected chi connectivity index (χ2v) is 14.3. The van der Waals surface area contributed by atoms with Crippen LogP contribution in [-0.4, -0.2) is 44.7 Å². The summed E-state index contributed by atoms with van der Waals surface area (Å²) in [5, 5.41) is 5.30. The van der Waals surface area contributed by atoms with Crippen LogP contribution in [0.15, 0.2) is 102 Å². The number of nitrogens with zero attached hydrogens (tertiary/aromatic N) is 1. The number of aromatic nitrogens is 1. The quantitative estimate of drug-likeness (QED) is 0.197. The standard InChI is InChI=1S/C31H32N4O7S2/c1-31(2,3)42-30(37)33-28-11-6-5-10-27(28)32-29(36)17-12-22-18-19-35(21-22)44(40,41)26-15-13-23(14-16-26)24-8-7-9-25(20-24)34-43(4,38)39/h5-21,34H,1-4H3,(H,32,36)(H,33,37). The van der Waals surface area contributed by atoms with Crippen LogP contribution in [0.2, 0.25) is 0 Å². The van der Waals surface area contributed by atoms with E-state index in [-0.39, 0.29) is 4.90 Å². The molecule has 1 aromatic heterocycles. The summed E-state index contributed by atoms with van der Waals surface area (Å²) in [6.07, 6.45) is 5.87. The molecule has 0 saturated carbocycles. The van der Waals surface area contributed by atoms with Gasteiger partial charge in [-0.2, -0.15) is 0 Å². The van der Waals surface area contributed by atoms with Gasteiger partial charge >= 0.3 is 6.09 Å². The second kappa shape index (κ2) is 12.8. The lowest BCUT2D eigenvalue weighted by Gasteiger charge is -2.20. The average molecular weight is 637 g/mol. The number of rotatable bonds is 9. The Bertz CT molecular complexity index is 1920. The van der Waals surface area contributed by atoms with Crippen LogP contribution in [-0.2, 0) is 29.6 Å². The molecule has 0 aliphatic heterocycles. The molecule has 0 spiro atoms. The molecule has 11 nitrogen and oxygen atoms in total. The molecule has 0 atom stereocenters. The Morgan fingerprint density at radius 1 is 0.818 bits per heavy atom. The van der Waals surface area contributed by atoms with Crippen molar-refractivity contribution in [2.45, 2.75) is 31.3 Å². The number of sulfonamides is 1. The summed E-state index contributed by atoms with van der Waals surface area (Å²) in [7, 11) is -7.37. The third-order valence-corrected chi connectivity index (χ3v) is 8.12. The van der Waals surface area contributed by atoms with Crippen molar-refractivity contribution in [2.75, 3.05) is 21.6 Å². The Morgan fingerprint density at radius 3 is 2.11 bits per heavy atom. The van der Waals surface area contributed by atoms with Crippen LogP contribution < -0.4 is 15.4 Å². The van der Waals surface area contributed by atoms with Crippen molar-refractivity contribution in [1.82, 2.24) is 3.97 Å². The Balaban J connectivity index is 1.43. The lowest BCUT2D eigenvalue weighted by molar-refractivity contribution is -0.111. The minimum absolute atomic E-state index is 0.0460. The van der Waals surface area contributed by atoms with Crippen molar-refractivity contribution in [3.63, 3.8) is 0 Å². The number of para-hydroxylation sites is 2. The van der Waals surface area contributed by atoms with Crippen molar-refractivity contribution in [3.8, 4) is 11.1 Å². The maximum atomic E-state index is 13.2. The van der Waals surface area contributed by atoms with Gasteiger partial charge in [0.25, 0.3) is 10.0 Å². The largest absolute Gasteiger partial charge is 0.444 e. The zero-order valence-corrected chi connectivity index (χ0v) is 26.1. The number of benzene rings is 3. The van der Waals surface area contributed by atoms with E-state index >= 15 is 0 Å². The van der Waals surface area contributed by atoms with Crippen molar-refractivity contribution >= 4 is 55.2 Å². The van der Waals surface area contributed by atoms with E-state index in [0.29, 0.717) is 33.8 Å². The van der Waals surface area contributed by atoms with E-state index in [1.54, 1.807) is 87.5 Å². The highest BCUT2D eigenvalue weighted by atomic mass is 32.2. The van der Waals surface area contributed by atoms with E-state index in [0.717, 1.165) is 10.2 Å². The number of hydrogen-bond acceptors (Lipinski definition) is 7. The molecule has 4 aromatic rings. The molecule has 3 N–H and O–H groups in total. The molecule has 13 heteroatoms. The summed E-state index contributed by atoms with van der Waals surface area (Å²) in [5.41, 5.74) is 2.29. The molecular formula is C31H32N4O7S2. The van der Waals surface area contributed by atoms with E-state index in [9.17, 15) is 26.4 Å². The first-order valence-electron chi connectivity index (χ1n) is 13.3. The first-order valence-corrected chi connectivity index (χ1v) is 16.6. The molecule has 3 aromatic carbocycles. The predicted octanol–water partition coefficient (Wildman–Crippen LogP) is 5.76. The predicted molar refractivity (Wildman–Crippen MR) is 171 cm³/mol. The third kappa shape index (κ3) is 8.82. The molecule has 0 fully saturated rings. The highest BCUT2D eigenvalue weighted by molar-refractivity contribution is 7.92. The molecule has 2 amide bonds. The van der Waals surface area contributed by atoms with Crippen LogP contribution in [0.5, 0.6) is 0 Å². The lowest BCUT2D eigenvalue weighted by atomic mass is 10.1. The highest BCUT2D eigenvalue weighted by Crippen LogP contribution is 2.26. The minimum atomic E-state index is -3.93. The maximum Gasteiger partial charge on any atom is 0.412 e. The van der Waals surface area contributed by atoms with Crippen LogP contribution in [0.25, 0.3) is 17.2 Å². The zero-order chi connectivity index (χ0) is 32.1. The van der Waals surface area contributed by atoms with E-state index in [4.69, 9.17) is 4.74 Å². The fourth-order valence-electron chi connectivity index (χ4n) is 4.02. The lowest BCUT2D eigenvalue weighted by Crippen LogP contribution is -2.27. The van der Waals surface area contributed by atoms with Gasteiger partial charge in [-0.15, -0.1) is 0 Å². The summed E-state index contributed by atoms with van der Waals surface area (Å²) < 4.78 is 58.3. The van der Waals surface area contributed by atoms with Crippen molar-refractivity contribution in [1.29, 1.82) is 0 Å². The molecule has 0 radical (unpaired) electrons. The number of anilines is 3. The van der Waals surface area contributed by atoms with Crippen LogP contribution >= 0.6 is 0 Å². The van der Waals surface area contributed by atoms with Gasteiger partial charge in [0, 0.05) is 24.2 Å². The molecule has 1 heterocycles. The Morgan fingerprint density at radius 2 is 1.48 bits per heavy atom. The van der Waals surface area contributed by atoms with Crippen LogP contribution in [0.4, 0.5) is 21.9 Å². The van der Waals surface area contributed by atoms with Gasteiger partial charge in [-0.05, 0) is 86.0 Å². The van der Waals surface area contributed by atoms with Crippen molar-refractivity contribution in [3.05, 3.63) is 103 Å². The summed E-state index contributed by atoms with van der Waals surface area (Å²) in [5.74, 6) is -0.495. The topological polar surface area (TPSA) is 153 Å². The number of carbonyl (C=O) groups is 2. The highest BCUT2D eigenvalue weighted by Gasteiger charge is 2.18. The molecule has 44 heavy (non-hydrogen) atoms. The van der Waals surface area contributed by atoms with Crippen molar-refractivity contribution < 1.29 is 31.2 Å².